The average molecular weight is 428 g/mol. The first-order valence-electron chi connectivity index (χ1n) is 9.05. The first kappa shape index (κ1) is 21.3. The van der Waals surface area contributed by atoms with E-state index in [0.717, 1.165) is 10.1 Å². The number of primary amides is 1. The summed E-state index contributed by atoms with van der Waals surface area (Å²) in [5.74, 6) is -2.60. The molecule has 0 radical (unpaired) electrons. The van der Waals surface area contributed by atoms with Crippen LogP contribution in [0.15, 0.2) is 40.8 Å². The second-order valence-electron chi connectivity index (χ2n) is 6.92. The van der Waals surface area contributed by atoms with Gasteiger partial charge in [0.2, 0.25) is 5.91 Å². The number of nitrogens with two attached hydrogens (primary N) is 1. The van der Waals surface area contributed by atoms with E-state index in [1.807, 2.05) is 0 Å². The Balaban J connectivity index is 2.22. The Bertz CT molecular complexity index is 1150. The van der Waals surface area contributed by atoms with Gasteiger partial charge in [-0.1, -0.05) is 13.8 Å². The summed E-state index contributed by atoms with van der Waals surface area (Å²) in [7, 11) is 0. The number of aliphatic hydroxyl groups excluding tert-OH is 1. The van der Waals surface area contributed by atoms with Gasteiger partial charge in [0.25, 0.3) is 5.56 Å². The molecule has 4 N–H and O–H groups in total. The third-order valence-corrected chi connectivity index (χ3v) is 5.39. The molecule has 0 aromatic carbocycles. The molecule has 0 saturated carbocycles. The molecular weight excluding hydrogens is 408 g/mol. The van der Waals surface area contributed by atoms with E-state index in [0.29, 0.717) is 10.7 Å². The summed E-state index contributed by atoms with van der Waals surface area (Å²) in [6.45, 7) is 2.99. The maximum absolute atomic E-state index is 13.2. The van der Waals surface area contributed by atoms with Crippen LogP contribution in [0, 0.1) is 0 Å². The number of nitrogens with zero attached hydrogens (tertiary/aromatic N) is 3. The molecule has 0 saturated heterocycles. The second kappa shape index (κ2) is 8.56. The minimum absolute atomic E-state index is 0.0602. The molecule has 0 aliphatic carbocycles. The number of carbonyl (C=O) groups is 2. The van der Waals surface area contributed by atoms with Crippen LogP contribution in [0.25, 0.3) is 21.8 Å². The van der Waals surface area contributed by atoms with Gasteiger partial charge in [0.1, 0.15) is 11.1 Å². The smallest absolute Gasteiger partial charge is 0.337 e. The van der Waals surface area contributed by atoms with Crippen molar-refractivity contribution in [3.63, 3.8) is 0 Å². The minimum atomic E-state index is -1.64. The number of thiazole rings is 1. The number of rotatable bonds is 7. The number of aliphatic hydroxyl groups is 1. The topological polar surface area (TPSA) is 148 Å². The number of carboxylic acid groups (broad SMARTS) is 1. The molecule has 1 unspecified atom stereocenters. The van der Waals surface area contributed by atoms with Gasteiger partial charge in [0, 0.05) is 29.0 Å². The van der Waals surface area contributed by atoms with Crippen LogP contribution >= 0.6 is 11.3 Å². The maximum Gasteiger partial charge on any atom is 0.337 e. The lowest BCUT2D eigenvalue weighted by molar-refractivity contribution is -0.126. The molecule has 0 aliphatic rings. The van der Waals surface area contributed by atoms with Crippen molar-refractivity contribution < 1.29 is 19.8 Å². The Morgan fingerprint density at radius 3 is 2.50 bits per heavy atom. The summed E-state index contributed by atoms with van der Waals surface area (Å²) in [4.78, 5) is 44.9. The number of amides is 1. The Labute approximate surface area is 175 Å². The first-order chi connectivity index (χ1) is 14.2. The predicted molar refractivity (Wildman–Crippen MR) is 111 cm³/mol. The number of aromatic nitrogens is 3. The van der Waals surface area contributed by atoms with Crippen molar-refractivity contribution in [1.29, 1.82) is 0 Å². The summed E-state index contributed by atoms with van der Waals surface area (Å²) in [5, 5.41) is 22.0. The molecule has 0 aliphatic heterocycles. The highest BCUT2D eigenvalue weighted by Gasteiger charge is 2.25. The van der Waals surface area contributed by atoms with Crippen molar-refractivity contribution in [2.24, 2.45) is 5.73 Å². The molecule has 3 rings (SSSR count). The minimum Gasteiger partial charge on any atom is -0.478 e. The molecule has 0 fully saturated rings. The zero-order chi connectivity index (χ0) is 22.0. The summed E-state index contributed by atoms with van der Waals surface area (Å²) in [6, 6.07) is 4.84. The summed E-state index contributed by atoms with van der Waals surface area (Å²) in [6.07, 6.45) is 1.60. The van der Waals surface area contributed by atoms with Crippen LogP contribution in [0.3, 0.4) is 0 Å². The van der Waals surface area contributed by atoms with Crippen molar-refractivity contribution >= 4 is 23.2 Å². The van der Waals surface area contributed by atoms with Gasteiger partial charge < -0.3 is 20.5 Å². The summed E-state index contributed by atoms with van der Waals surface area (Å²) < 4.78 is 1.10. The highest BCUT2D eigenvalue weighted by molar-refractivity contribution is 7.13. The number of carbonyl (C=O) groups excluding carboxylic acids is 1. The molecule has 3 aromatic rings. The fraction of sp³-hybridized carbons (Fsp3) is 0.250. The molecule has 0 bridgehead atoms. The van der Waals surface area contributed by atoms with Crippen molar-refractivity contribution in [3.8, 4) is 21.8 Å². The molecule has 10 heteroatoms. The SMILES string of the molecule is CC(C)c1c(C(=O)O)cc(-c2csc(-c3ccncc3)n2)c(=O)n1CC(O)C(N)=O. The van der Waals surface area contributed by atoms with E-state index in [9.17, 15) is 24.6 Å². The number of hydrogen-bond acceptors (Lipinski definition) is 7. The standard InChI is InChI=1S/C20H20N4O5S/c1-10(2)16-13(20(28)29)7-12(19(27)24(16)8-15(25)17(21)26)14-9-30-18(23-14)11-3-5-22-6-4-11/h3-7,9-10,15,25H,8H2,1-2H3,(H2,21,26)(H,28,29). The second-order valence-corrected chi connectivity index (χ2v) is 7.78. The third kappa shape index (κ3) is 4.14. The average Bonchev–Trinajstić information content (AvgIpc) is 3.19. The Morgan fingerprint density at radius 1 is 1.27 bits per heavy atom. The Kier molecular flexibility index (Phi) is 6.09. The van der Waals surface area contributed by atoms with Gasteiger partial charge >= 0.3 is 5.97 Å². The molecule has 30 heavy (non-hydrogen) atoms. The number of hydrogen-bond donors (Lipinski definition) is 3. The van der Waals surface area contributed by atoms with E-state index in [4.69, 9.17) is 5.73 Å². The zero-order valence-electron chi connectivity index (χ0n) is 16.3. The molecular formula is C20H20N4O5S. The molecule has 9 nitrogen and oxygen atoms in total. The number of aromatic carboxylic acids is 1. The number of pyridine rings is 2. The zero-order valence-corrected chi connectivity index (χ0v) is 17.1. The van der Waals surface area contributed by atoms with E-state index >= 15 is 0 Å². The molecule has 3 heterocycles. The maximum atomic E-state index is 13.2. The van der Waals surface area contributed by atoms with E-state index in [1.54, 1.807) is 43.8 Å². The highest BCUT2D eigenvalue weighted by Crippen LogP contribution is 2.29. The van der Waals surface area contributed by atoms with Gasteiger partial charge in [-0.25, -0.2) is 9.78 Å². The van der Waals surface area contributed by atoms with E-state index in [2.05, 4.69) is 9.97 Å². The van der Waals surface area contributed by atoms with Crippen LogP contribution in [0.4, 0.5) is 0 Å². The lowest BCUT2D eigenvalue weighted by atomic mass is 9.99. The molecule has 1 amide bonds. The van der Waals surface area contributed by atoms with Gasteiger partial charge in [-0.3, -0.25) is 14.6 Å². The van der Waals surface area contributed by atoms with Crippen LogP contribution in [-0.4, -0.2) is 42.7 Å². The van der Waals surface area contributed by atoms with Crippen molar-refractivity contribution in [3.05, 3.63) is 57.6 Å². The molecule has 0 spiro atoms. The first-order valence-corrected chi connectivity index (χ1v) is 9.93. The van der Waals surface area contributed by atoms with Gasteiger partial charge in [-0.05, 0) is 24.1 Å². The fourth-order valence-corrected chi connectivity index (χ4v) is 3.95. The van der Waals surface area contributed by atoms with Crippen LogP contribution in [-0.2, 0) is 11.3 Å². The van der Waals surface area contributed by atoms with Gasteiger partial charge in [0.05, 0.1) is 23.4 Å². The van der Waals surface area contributed by atoms with E-state index < -0.39 is 30.1 Å². The highest BCUT2D eigenvalue weighted by atomic mass is 32.1. The normalized spacial score (nSPS) is 12.1. The van der Waals surface area contributed by atoms with Crippen molar-refractivity contribution in [2.45, 2.75) is 32.4 Å². The molecule has 1 atom stereocenters. The fourth-order valence-electron chi connectivity index (χ4n) is 3.13. The Morgan fingerprint density at radius 2 is 1.93 bits per heavy atom. The summed E-state index contributed by atoms with van der Waals surface area (Å²) in [5.41, 5.74) is 5.84. The quantitative estimate of drug-likeness (QED) is 0.518. The van der Waals surface area contributed by atoms with E-state index in [1.165, 1.54) is 17.4 Å². The van der Waals surface area contributed by atoms with Gasteiger partial charge in [-0.2, -0.15) is 0 Å². The van der Waals surface area contributed by atoms with Crippen LogP contribution in [0.2, 0.25) is 0 Å². The van der Waals surface area contributed by atoms with Gasteiger partial charge in [-0.15, -0.1) is 11.3 Å². The largest absolute Gasteiger partial charge is 0.478 e. The Hall–Kier alpha value is -3.37. The summed E-state index contributed by atoms with van der Waals surface area (Å²) >= 11 is 1.30. The molecule has 156 valence electrons. The molecule has 3 aromatic heterocycles. The monoisotopic (exact) mass is 428 g/mol. The van der Waals surface area contributed by atoms with Crippen LogP contribution < -0.4 is 11.3 Å². The predicted octanol–water partition coefficient (Wildman–Crippen LogP) is 1.70. The van der Waals surface area contributed by atoms with Crippen LogP contribution in [0.5, 0.6) is 0 Å². The van der Waals surface area contributed by atoms with Crippen molar-refractivity contribution in [1.82, 2.24) is 14.5 Å². The van der Waals surface area contributed by atoms with Crippen molar-refractivity contribution in [2.75, 3.05) is 0 Å². The lowest BCUT2D eigenvalue weighted by Gasteiger charge is -2.21. The third-order valence-electron chi connectivity index (χ3n) is 4.50. The number of carboxylic acids is 1. The van der Waals surface area contributed by atoms with Gasteiger partial charge in [0.15, 0.2) is 0 Å². The lowest BCUT2D eigenvalue weighted by Crippen LogP contribution is -2.38. The van der Waals surface area contributed by atoms with Crippen LogP contribution in [0.1, 0.15) is 35.8 Å². The van der Waals surface area contributed by atoms with E-state index in [-0.39, 0.29) is 22.7 Å².